The van der Waals surface area contributed by atoms with E-state index in [0.29, 0.717) is 17.1 Å². The number of nitrogens with zero attached hydrogens (tertiary/aromatic N) is 1. The molecule has 174 valence electrons. The third kappa shape index (κ3) is 4.84. The van der Waals surface area contributed by atoms with E-state index in [1.165, 1.54) is 20.3 Å². The summed E-state index contributed by atoms with van der Waals surface area (Å²) in [6.45, 7) is -0.845. The molecule has 0 saturated carbocycles. The third-order valence-electron chi connectivity index (χ3n) is 5.08. The van der Waals surface area contributed by atoms with E-state index >= 15 is 0 Å². The Kier molecular flexibility index (Phi) is 7.03. The van der Waals surface area contributed by atoms with Crippen LogP contribution in [0.3, 0.4) is 0 Å². The first kappa shape index (κ1) is 23.2. The molecule has 4 rings (SSSR count). The molecule has 0 atom stereocenters. The molecule has 0 saturated heterocycles. The summed E-state index contributed by atoms with van der Waals surface area (Å²) in [5.41, 5.74) is 1.75. The highest BCUT2D eigenvalue weighted by Crippen LogP contribution is 2.47. The first-order valence-electron chi connectivity index (χ1n) is 10.4. The predicted molar refractivity (Wildman–Crippen MR) is 127 cm³/mol. The van der Waals surface area contributed by atoms with Gasteiger partial charge < -0.3 is 19.5 Å². The molecule has 0 aliphatic carbocycles. The largest absolute Gasteiger partial charge is 0.493 e. The van der Waals surface area contributed by atoms with Crippen LogP contribution in [0.5, 0.6) is 11.5 Å². The highest BCUT2D eigenvalue weighted by Gasteiger charge is 2.28. The van der Waals surface area contributed by atoms with Gasteiger partial charge in [0.15, 0.2) is 18.1 Å². The molecule has 9 heteroatoms. The van der Waals surface area contributed by atoms with Gasteiger partial charge >= 0.3 is 5.97 Å². The standard InChI is InChI=1S/C25H22N2O6S/c1-31-19-12-11-16(13-20(19)32-2)25(30)26-14-24(29)33-15-23(28)27-17-7-3-5-9-21(17)34-22-10-6-4-8-18(22)27/h3-13H,14-15H2,1-2H3,(H,26,30). The summed E-state index contributed by atoms with van der Waals surface area (Å²) < 4.78 is 15.5. The molecular formula is C25H22N2O6S. The lowest BCUT2D eigenvalue weighted by Gasteiger charge is -2.30. The van der Waals surface area contributed by atoms with Gasteiger partial charge in [0.05, 0.1) is 25.6 Å². The van der Waals surface area contributed by atoms with Crippen molar-refractivity contribution in [1.29, 1.82) is 0 Å². The van der Waals surface area contributed by atoms with E-state index in [4.69, 9.17) is 14.2 Å². The van der Waals surface area contributed by atoms with Crippen LogP contribution in [-0.2, 0) is 14.3 Å². The number of rotatable bonds is 7. The SMILES string of the molecule is COc1ccc(C(=O)NCC(=O)OCC(=O)N2c3ccccc3Sc3ccccc32)cc1OC. The van der Waals surface area contributed by atoms with Crippen LogP contribution >= 0.6 is 11.8 Å². The van der Waals surface area contributed by atoms with Crippen LogP contribution in [0, 0.1) is 0 Å². The Bertz CT molecular complexity index is 1200. The smallest absolute Gasteiger partial charge is 0.325 e. The molecule has 8 nitrogen and oxygen atoms in total. The topological polar surface area (TPSA) is 94.2 Å². The molecule has 0 spiro atoms. The molecule has 1 heterocycles. The van der Waals surface area contributed by atoms with Gasteiger partial charge in [0.2, 0.25) is 0 Å². The van der Waals surface area contributed by atoms with Gasteiger partial charge in [-0.3, -0.25) is 19.3 Å². The summed E-state index contributed by atoms with van der Waals surface area (Å²) in [5.74, 6) is -0.727. The Hall–Kier alpha value is -3.98. The van der Waals surface area contributed by atoms with Gasteiger partial charge in [0.1, 0.15) is 6.54 Å². The number of fused-ring (bicyclic) bond motifs is 2. The van der Waals surface area contributed by atoms with Crippen molar-refractivity contribution in [3.05, 3.63) is 72.3 Å². The molecular weight excluding hydrogens is 456 g/mol. The van der Waals surface area contributed by atoms with Crippen molar-refractivity contribution in [1.82, 2.24) is 5.32 Å². The number of ether oxygens (including phenoxy) is 3. The number of hydrogen-bond acceptors (Lipinski definition) is 7. The summed E-state index contributed by atoms with van der Waals surface area (Å²) >= 11 is 1.58. The first-order valence-corrected chi connectivity index (χ1v) is 11.2. The van der Waals surface area contributed by atoms with Crippen LogP contribution in [0.2, 0.25) is 0 Å². The fourth-order valence-electron chi connectivity index (χ4n) is 3.46. The monoisotopic (exact) mass is 478 g/mol. The average Bonchev–Trinajstić information content (AvgIpc) is 2.88. The fourth-order valence-corrected chi connectivity index (χ4v) is 4.52. The Morgan fingerprint density at radius 3 is 2.09 bits per heavy atom. The summed E-state index contributed by atoms with van der Waals surface area (Å²) in [7, 11) is 2.96. The zero-order chi connectivity index (χ0) is 24.1. The van der Waals surface area contributed by atoms with E-state index < -0.39 is 18.5 Å². The molecule has 0 aromatic heterocycles. The molecule has 0 bridgehead atoms. The lowest BCUT2D eigenvalue weighted by molar-refractivity contribution is -0.146. The van der Waals surface area contributed by atoms with Crippen molar-refractivity contribution in [3.63, 3.8) is 0 Å². The molecule has 1 aliphatic rings. The Morgan fingerprint density at radius 2 is 1.47 bits per heavy atom. The van der Waals surface area contributed by atoms with Crippen LogP contribution in [0.1, 0.15) is 10.4 Å². The maximum absolute atomic E-state index is 13.0. The quantitative estimate of drug-likeness (QED) is 0.516. The molecule has 1 aliphatic heterocycles. The molecule has 3 aromatic carbocycles. The number of esters is 1. The van der Waals surface area contributed by atoms with Crippen LogP contribution in [0.25, 0.3) is 0 Å². The van der Waals surface area contributed by atoms with Crippen molar-refractivity contribution >= 4 is 40.9 Å². The van der Waals surface area contributed by atoms with Crippen LogP contribution in [0.15, 0.2) is 76.5 Å². The lowest BCUT2D eigenvalue weighted by atomic mass is 10.2. The van der Waals surface area contributed by atoms with Crippen molar-refractivity contribution in [2.24, 2.45) is 0 Å². The molecule has 0 unspecified atom stereocenters. The first-order chi connectivity index (χ1) is 16.5. The highest BCUT2D eigenvalue weighted by atomic mass is 32.2. The normalized spacial score (nSPS) is 11.6. The van der Waals surface area contributed by atoms with Gasteiger partial charge in [-0.05, 0) is 42.5 Å². The van der Waals surface area contributed by atoms with Crippen molar-refractivity contribution < 1.29 is 28.6 Å². The Balaban J connectivity index is 1.37. The van der Waals surface area contributed by atoms with Gasteiger partial charge in [-0.15, -0.1) is 0 Å². The summed E-state index contributed by atoms with van der Waals surface area (Å²) in [5, 5.41) is 2.48. The van der Waals surface area contributed by atoms with Gasteiger partial charge in [0.25, 0.3) is 11.8 Å². The summed E-state index contributed by atoms with van der Waals surface area (Å²) in [4.78, 5) is 41.1. The second kappa shape index (κ2) is 10.3. The number of carbonyl (C=O) groups is 3. The number of anilines is 2. The minimum Gasteiger partial charge on any atom is -0.493 e. The zero-order valence-corrected chi connectivity index (χ0v) is 19.4. The van der Waals surface area contributed by atoms with E-state index in [0.717, 1.165) is 21.2 Å². The van der Waals surface area contributed by atoms with Crippen molar-refractivity contribution in [2.75, 3.05) is 32.3 Å². The molecule has 3 aromatic rings. The molecule has 0 radical (unpaired) electrons. The number of carbonyl (C=O) groups excluding carboxylic acids is 3. The van der Waals surface area contributed by atoms with Crippen molar-refractivity contribution in [3.8, 4) is 11.5 Å². The minimum atomic E-state index is -0.727. The number of methoxy groups -OCH3 is 2. The molecule has 34 heavy (non-hydrogen) atoms. The van der Waals surface area contributed by atoms with Gasteiger partial charge in [-0.1, -0.05) is 36.0 Å². The van der Waals surface area contributed by atoms with Gasteiger partial charge in [-0.25, -0.2) is 0 Å². The molecule has 2 amide bonds. The summed E-state index contributed by atoms with van der Waals surface area (Å²) in [6.07, 6.45) is 0. The Morgan fingerprint density at radius 1 is 0.853 bits per heavy atom. The van der Waals surface area contributed by atoms with E-state index in [9.17, 15) is 14.4 Å². The molecule has 0 fully saturated rings. The van der Waals surface area contributed by atoms with Crippen molar-refractivity contribution in [2.45, 2.75) is 9.79 Å². The average molecular weight is 479 g/mol. The van der Waals surface area contributed by atoms with E-state index in [1.807, 2.05) is 48.5 Å². The third-order valence-corrected chi connectivity index (χ3v) is 6.21. The maximum Gasteiger partial charge on any atom is 0.325 e. The molecule has 1 N–H and O–H groups in total. The van der Waals surface area contributed by atoms with Crippen LogP contribution in [-0.4, -0.2) is 45.2 Å². The lowest BCUT2D eigenvalue weighted by Crippen LogP contribution is -2.35. The number of nitrogens with one attached hydrogen (secondary N) is 1. The van der Waals surface area contributed by atoms with E-state index in [1.54, 1.807) is 28.8 Å². The number of amides is 2. The zero-order valence-electron chi connectivity index (χ0n) is 18.6. The Labute approximate surface area is 200 Å². The van der Waals surface area contributed by atoms with Gasteiger partial charge in [-0.2, -0.15) is 0 Å². The van der Waals surface area contributed by atoms with Crippen LogP contribution < -0.4 is 19.7 Å². The van der Waals surface area contributed by atoms with E-state index in [2.05, 4.69) is 5.32 Å². The highest BCUT2D eigenvalue weighted by molar-refractivity contribution is 7.99. The predicted octanol–water partition coefficient (Wildman–Crippen LogP) is 3.81. The summed E-state index contributed by atoms with van der Waals surface area (Å²) in [6, 6.07) is 19.7. The second-order valence-corrected chi connectivity index (χ2v) is 8.26. The number of para-hydroxylation sites is 2. The fraction of sp³-hybridized carbons (Fsp3) is 0.160. The van der Waals surface area contributed by atoms with Gasteiger partial charge in [0, 0.05) is 15.4 Å². The number of hydrogen-bond donors (Lipinski definition) is 1. The number of benzene rings is 3. The maximum atomic E-state index is 13.0. The van der Waals surface area contributed by atoms with Crippen LogP contribution in [0.4, 0.5) is 11.4 Å². The van der Waals surface area contributed by atoms with E-state index in [-0.39, 0.29) is 12.5 Å². The second-order valence-electron chi connectivity index (χ2n) is 7.18. The minimum absolute atomic E-state index is 0.292.